The van der Waals surface area contributed by atoms with Crippen LogP contribution in [0.2, 0.25) is 0 Å². The third kappa shape index (κ3) is 5.75. The minimum Gasteiger partial charge on any atom is -0.455 e. The molecule has 0 spiro atoms. The van der Waals surface area contributed by atoms with Gasteiger partial charge in [-0.15, -0.1) is 0 Å². The molecular formula is C63H50N2O. The Morgan fingerprint density at radius 2 is 1.20 bits per heavy atom. The second-order valence-corrected chi connectivity index (χ2v) is 19.4. The molecule has 0 fully saturated rings. The van der Waals surface area contributed by atoms with Gasteiger partial charge in [-0.3, -0.25) is 0 Å². The van der Waals surface area contributed by atoms with Gasteiger partial charge in [0, 0.05) is 61.4 Å². The molecule has 0 saturated heterocycles. The molecule has 318 valence electrons. The molecule has 10 aromatic rings. The van der Waals surface area contributed by atoms with Gasteiger partial charge in [-0.05, 0) is 123 Å². The van der Waals surface area contributed by atoms with Crippen molar-refractivity contribution in [3.05, 3.63) is 228 Å². The Balaban J connectivity index is 1.04. The average molecular weight is 851 g/mol. The molecule has 8 aromatic carbocycles. The van der Waals surface area contributed by atoms with E-state index in [1.807, 2.05) is 0 Å². The minimum absolute atomic E-state index is 0.0707. The predicted molar refractivity (Wildman–Crippen MR) is 276 cm³/mol. The molecular weight excluding hydrogens is 801 g/mol. The highest BCUT2D eigenvalue weighted by Gasteiger charge is 2.40. The first-order valence-corrected chi connectivity index (χ1v) is 23.6. The summed E-state index contributed by atoms with van der Waals surface area (Å²) in [6, 6.07) is 69.2. The van der Waals surface area contributed by atoms with Gasteiger partial charge in [0.25, 0.3) is 0 Å². The second-order valence-electron chi connectivity index (χ2n) is 19.4. The van der Waals surface area contributed by atoms with Crippen LogP contribution >= 0.6 is 0 Å². The van der Waals surface area contributed by atoms with Crippen LogP contribution in [0.5, 0.6) is 0 Å². The molecule has 0 saturated carbocycles. The fourth-order valence-corrected chi connectivity index (χ4v) is 11.9. The number of nitrogens with zero attached hydrogens (tertiary/aromatic N) is 2. The summed E-state index contributed by atoms with van der Waals surface area (Å²) in [5, 5.41) is 3.51. The van der Waals surface area contributed by atoms with Gasteiger partial charge >= 0.3 is 0 Å². The van der Waals surface area contributed by atoms with E-state index in [0.717, 1.165) is 46.2 Å². The largest absolute Gasteiger partial charge is 0.455 e. The van der Waals surface area contributed by atoms with E-state index in [0.29, 0.717) is 5.92 Å². The Hall–Kier alpha value is -7.62. The van der Waals surface area contributed by atoms with E-state index in [1.54, 1.807) is 0 Å². The highest BCUT2D eigenvalue weighted by molar-refractivity contribution is 6.21. The summed E-state index contributed by atoms with van der Waals surface area (Å²) in [6.07, 6.45) is 4.50. The van der Waals surface area contributed by atoms with Gasteiger partial charge in [0.15, 0.2) is 0 Å². The van der Waals surface area contributed by atoms with Crippen LogP contribution in [0.25, 0.3) is 77.6 Å². The van der Waals surface area contributed by atoms with Gasteiger partial charge in [0.1, 0.15) is 11.2 Å². The Labute approximate surface area is 386 Å². The summed E-state index contributed by atoms with van der Waals surface area (Å²) in [5.74, 6) is 0.587. The molecule has 0 N–H and O–H groups in total. The first-order chi connectivity index (χ1) is 32.3. The summed E-state index contributed by atoms with van der Waals surface area (Å²) < 4.78 is 9.55. The molecule has 3 aliphatic carbocycles. The average Bonchev–Trinajstić information content (AvgIpc) is 3.99. The Morgan fingerprint density at radius 3 is 1.98 bits per heavy atom. The van der Waals surface area contributed by atoms with Crippen molar-refractivity contribution in [2.24, 2.45) is 5.92 Å². The second kappa shape index (κ2) is 14.7. The highest BCUT2D eigenvalue weighted by atomic mass is 16.3. The zero-order chi connectivity index (χ0) is 44.3. The Bertz CT molecular complexity index is 3620. The van der Waals surface area contributed by atoms with Gasteiger partial charge in [-0.25, -0.2) is 0 Å². The Morgan fingerprint density at radius 1 is 0.561 bits per heavy atom. The number of anilines is 2. The molecule has 0 aliphatic heterocycles. The first kappa shape index (κ1) is 38.8. The molecule has 0 radical (unpaired) electrons. The molecule has 0 amide bonds. The third-order valence-corrected chi connectivity index (χ3v) is 15.1. The maximum atomic E-state index is 7.00. The maximum Gasteiger partial charge on any atom is 0.145 e. The molecule has 2 unspecified atom stereocenters. The molecule has 2 heterocycles. The molecule has 2 aromatic heterocycles. The quantitative estimate of drug-likeness (QED) is 0.166. The summed E-state index contributed by atoms with van der Waals surface area (Å²) in [7, 11) is 0. The van der Waals surface area contributed by atoms with E-state index < -0.39 is 0 Å². The topological polar surface area (TPSA) is 21.3 Å². The number of furan rings is 1. The lowest BCUT2D eigenvalue weighted by Gasteiger charge is -2.36. The van der Waals surface area contributed by atoms with Crippen LogP contribution in [0.3, 0.4) is 0 Å². The van der Waals surface area contributed by atoms with Gasteiger partial charge in [-0.1, -0.05) is 167 Å². The van der Waals surface area contributed by atoms with Crippen molar-refractivity contribution in [3.8, 4) is 39.2 Å². The summed E-state index contributed by atoms with van der Waals surface area (Å²) in [5.41, 5.74) is 23.6. The Kier molecular flexibility index (Phi) is 8.64. The summed E-state index contributed by atoms with van der Waals surface area (Å²) in [4.78, 5) is 2.51. The van der Waals surface area contributed by atoms with Crippen LogP contribution in [0.15, 0.2) is 210 Å². The number of aromatic nitrogens is 1. The van der Waals surface area contributed by atoms with E-state index in [4.69, 9.17) is 4.42 Å². The van der Waals surface area contributed by atoms with Crippen LogP contribution in [0.1, 0.15) is 62.3 Å². The fraction of sp³-hybridized carbons (Fsp3) is 0.143. The SMILES string of the molecule is CC1CC2=C(C=C1N(c1ccccc1)c1ccc(-c3cc4c5ccccc5oc4c4c5c(n(-c6ccc(-c7ccccc7)cc6)c34)-c3ccccc3CC5C)cc1)C(C)(C)c1ccccc12. The number of para-hydroxylation sites is 2. The lowest BCUT2D eigenvalue weighted by molar-refractivity contribution is 0.627. The van der Waals surface area contributed by atoms with Crippen molar-refractivity contribution < 1.29 is 4.42 Å². The van der Waals surface area contributed by atoms with Crippen LogP contribution in [-0.4, -0.2) is 4.57 Å². The van der Waals surface area contributed by atoms with Crippen molar-refractivity contribution in [2.45, 2.75) is 51.9 Å². The molecule has 3 aliphatic rings. The number of benzene rings is 8. The standard InChI is InChI=1S/C63H50N2O/c1-39-36-52-49-23-13-15-25-54(49)63(3,4)55(52)38-56(39)64(45-20-9-6-10-21-45)46-33-29-43(30-34-46)51-37-53-50-24-14-16-26-57(50)66-62(53)59-58-40(2)35-44-19-11-12-22-48(44)60(58)65(61(51)59)47-31-27-42(28-32-47)41-17-7-5-8-18-41/h5-34,37-40H,35-36H2,1-4H3. The monoisotopic (exact) mass is 850 g/mol. The van der Waals surface area contributed by atoms with Crippen molar-refractivity contribution in [1.82, 2.24) is 4.57 Å². The van der Waals surface area contributed by atoms with Gasteiger partial charge in [-0.2, -0.15) is 0 Å². The van der Waals surface area contributed by atoms with Gasteiger partial charge < -0.3 is 13.9 Å². The number of hydrogen-bond acceptors (Lipinski definition) is 2. The van der Waals surface area contributed by atoms with E-state index in [9.17, 15) is 0 Å². The maximum absolute atomic E-state index is 7.00. The summed E-state index contributed by atoms with van der Waals surface area (Å²) >= 11 is 0. The van der Waals surface area contributed by atoms with Crippen LogP contribution < -0.4 is 4.90 Å². The molecule has 13 rings (SSSR count). The minimum atomic E-state index is -0.0707. The van der Waals surface area contributed by atoms with Crippen LogP contribution in [0.4, 0.5) is 11.4 Å². The van der Waals surface area contributed by atoms with E-state index in [1.165, 1.54) is 89.2 Å². The van der Waals surface area contributed by atoms with Crippen LogP contribution in [0, 0.1) is 5.92 Å². The van der Waals surface area contributed by atoms with Crippen molar-refractivity contribution in [2.75, 3.05) is 4.90 Å². The number of allylic oxidation sites excluding steroid dienone is 4. The number of hydrogen-bond donors (Lipinski definition) is 0. The lowest BCUT2D eigenvalue weighted by Crippen LogP contribution is -2.26. The highest BCUT2D eigenvalue weighted by Crippen LogP contribution is 2.55. The van der Waals surface area contributed by atoms with Gasteiger partial charge in [0.2, 0.25) is 0 Å². The first-order valence-electron chi connectivity index (χ1n) is 23.6. The number of fused-ring (bicyclic) bond motifs is 11. The van der Waals surface area contributed by atoms with E-state index in [2.05, 4.69) is 231 Å². The van der Waals surface area contributed by atoms with Gasteiger partial charge in [0.05, 0.1) is 11.2 Å². The van der Waals surface area contributed by atoms with Crippen molar-refractivity contribution in [1.29, 1.82) is 0 Å². The third-order valence-electron chi connectivity index (χ3n) is 15.1. The normalized spacial score (nSPS) is 17.1. The number of rotatable bonds is 6. The molecule has 66 heavy (non-hydrogen) atoms. The van der Waals surface area contributed by atoms with Crippen LogP contribution in [-0.2, 0) is 11.8 Å². The molecule has 3 nitrogen and oxygen atoms in total. The summed E-state index contributed by atoms with van der Waals surface area (Å²) in [6.45, 7) is 9.59. The fourth-order valence-electron chi connectivity index (χ4n) is 11.9. The molecule has 2 atom stereocenters. The zero-order valence-electron chi connectivity index (χ0n) is 37.8. The molecule has 0 bridgehead atoms. The smallest absolute Gasteiger partial charge is 0.145 e. The predicted octanol–water partition coefficient (Wildman–Crippen LogP) is 17.0. The van der Waals surface area contributed by atoms with Crippen molar-refractivity contribution >= 4 is 49.8 Å². The molecule has 3 heteroatoms. The lowest BCUT2D eigenvalue weighted by atomic mass is 9.78. The zero-order valence-corrected chi connectivity index (χ0v) is 37.8. The van der Waals surface area contributed by atoms with E-state index in [-0.39, 0.29) is 11.3 Å². The van der Waals surface area contributed by atoms with E-state index >= 15 is 0 Å². The van der Waals surface area contributed by atoms with Crippen molar-refractivity contribution in [3.63, 3.8) is 0 Å².